The Hall–Kier alpha value is -3.26. The summed E-state index contributed by atoms with van der Waals surface area (Å²) in [6, 6.07) is 14.6. The molecule has 0 aromatic heterocycles. The molecule has 1 N–H and O–H groups in total. The zero-order chi connectivity index (χ0) is 18.9. The third-order valence-electron chi connectivity index (χ3n) is 4.07. The average Bonchev–Trinajstić information content (AvgIpc) is 2.69. The Morgan fingerprint density at radius 2 is 1.58 bits per heavy atom. The molecule has 0 bridgehead atoms. The van der Waals surface area contributed by atoms with Gasteiger partial charge in [0.1, 0.15) is 0 Å². The Kier molecular flexibility index (Phi) is 6.81. The quantitative estimate of drug-likeness (QED) is 0.531. The van der Waals surface area contributed by atoms with Gasteiger partial charge in [-0.2, -0.15) is 0 Å². The lowest BCUT2D eigenvalue weighted by atomic mass is 10.0. The third kappa shape index (κ3) is 4.22. The molecule has 0 atom stereocenters. The summed E-state index contributed by atoms with van der Waals surface area (Å²) >= 11 is 0. The molecule has 0 amide bonds. The molecule has 0 heterocycles. The van der Waals surface area contributed by atoms with Gasteiger partial charge in [-0.15, -0.1) is 0 Å². The highest BCUT2D eigenvalue weighted by Gasteiger charge is 2.14. The largest absolute Gasteiger partial charge is 0.388 e. The van der Waals surface area contributed by atoms with Gasteiger partial charge in [0.2, 0.25) is 0 Å². The minimum atomic E-state index is 1.03. The number of benzene rings is 2. The van der Waals surface area contributed by atoms with E-state index in [9.17, 15) is 0 Å². The van der Waals surface area contributed by atoms with Crippen LogP contribution in [-0.2, 0) is 0 Å². The number of hydrogen-bond donors (Lipinski definition) is 1. The lowest BCUT2D eigenvalue weighted by Crippen LogP contribution is -2.15. The Bertz CT molecular complexity index is 839. The van der Waals surface area contributed by atoms with Gasteiger partial charge in [0.25, 0.3) is 0 Å². The fourth-order valence-electron chi connectivity index (χ4n) is 2.78. The van der Waals surface area contributed by atoms with Crippen molar-refractivity contribution in [2.75, 3.05) is 17.3 Å². The number of rotatable bonds is 8. The van der Waals surface area contributed by atoms with Crippen LogP contribution < -0.4 is 10.2 Å². The van der Waals surface area contributed by atoms with E-state index in [-0.39, 0.29) is 0 Å². The van der Waals surface area contributed by atoms with E-state index in [1.807, 2.05) is 38.3 Å². The van der Waals surface area contributed by atoms with Crippen molar-refractivity contribution in [1.82, 2.24) is 0 Å². The Morgan fingerprint density at radius 3 is 2.12 bits per heavy atom. The first-order chi connectivity index (χ1) is 12.7. The summed E-state index contributed by atoms with van der Waals surface area (Å²) in [5, 5.41) is 3.16. The Labute approximate surface area is 157 Å². The molecule has 0 spiro atoms. The van der Waals surface area contributed by atoms with Gasteiger partial charge in [-0.05, 0) is 66.6 Å². The van der Waals surface area contributed by atoms with Crippen molar-refractivity contribution in [3.8, 4) is 0 Å². The molecule has 26 heavy (non-hydrogen) atoms. The average molecular weight is 342 g/mol. The second kappa shape index (κ2) is 9.28. The van der Waals surface area contributed by atoms with Crippen LogP contribution in [-0.4, -0.2) is 7.05 Å². The Balaban J connectivity index is 2.66. The maximum atomic E-state index is 3.93. The molecule has 0 aliphatic rings. The van der Waals surface area contributed by atoms with Gasteiger partial charge in [0.15, 0.2) is 0 Å². The highest BCUT2D eigenvalue weighted by atomic mass is 15.1. The molecule has 0 radical (unpaired) electrons. The predicted molar refractivity (Wildman–Crippen MR) is 118 cm³/mol. The molecule has 2 rings (SSSR count). The van der Waals surface area contributed by atoms with Crippen molar-refractivity contribution < 1.29 is 0 Å². The van der Waals surface area contributed by atoms with E-state index < -0.39 is 0 Å². The van der Waals surface area contributed by atoms with Gasteiger partial charge in [-0.3, -0.25) is 0 Å². The molecule has 132 valence electrons. The summed E-state index contributed by atoms with van der Waals surface area (Å²) in [6.45, 7) is 13.7. The lowest BCUT2D eigenvalue weighted by Gasteiger charge is -2.27. The van der Waals surface area contributed by atoms with Crippen LogP contribution in [0.1, 0.15) is 18.1 Å². The molecule has 0 aliphatic heterocycles. The van der Waals surface area contributed by atoms with E-state index in [1.54, 1.807) is 6.08 Å². The highest BCUT2D eigenvalue weighted by molar-refractivity contribution is 5.76. The Morgan fingerprint density at radius 1 is 0.923 bits per heavy atom. The van der Waals surface area contributed by atoms with Gasteiger partial charge in [-0.1, -0.05) is 50.1 Å². The molecule has 2 aromatic rings. The minimum absolute atomic E-state index is 1.03. The van der Waals surface area contributed by atoms with E-state index in [2.05, 4.69) is 78.5 Å². The van der Waals surface area contributed by atoms with Gasteiger partial charge in [-0.25, -0.2) is 0 Å². The van der Waals surface area contributed by atoms with Gasteiger partial charge >= 0.3 is 0 Å². The van der Waals surface area contributed by atoms with Crippen molar-refractivity contribution in [3.63, 3.8) is 0 Å². The third-order valence-corrected chi connectivity index (χ3v) is 4.07. The first-order valence-electron chi connectivity index (χ1n) is 8.60. The molecular weight excluding hydrogens is 316 g/mol. The summed E-state index contributed by atoms with van der Waals surface area (Å²) in [5.41, 5.74) is 6.33. The fourth-order valence-corrected chi connectivity index (χ4v) is 2.78. The zero-order valence-corrected chi connectivity index (χ0v) is 15.6. The van der Waals surface area contributed by atoms with Gasteiger partial charge in [0.05, 0.1) is 0 Å². The molecular formula is C24H26N2. The van der Waals surface area contributed by atoms with E-state index in [4.69, 9.17) is 0 Å². The first kappa shape index (κ1) is 19.1. The second-order valence-corrected chi connectivity index (χ2v) is 5.68. The van der Waals surface area contributed by atoms with Crippen LogP contribution in [0.2, 0.25) is 0 Å². The van der Waals surface area contributed by atoms with Gasteiger partial charge < -0.3 is 10.2 Å². The van der Waals surface area contributed by atoms with Crippen molar-refractivity contribution in [1.29, 1.82) is 0 Å². The summed E-state index contributed by atoms with van der Waals surface area (Å²) in [7, 11) is 1.92. The fraction of sp³-hybridized carbons (Fsp3) is 0.0833. The van der Waals surface area contributed by atoms with Crippen molar-refractivity contribution in [2.24, 2.45) is 0 Å². The topological polar surface area (TPSA) is 15.3 Å². The second-order valence-electron chi connectivity index (χ2n) is 5.68. The predicted octanol–water partition coefficient (Wildman–Crippen LogP) is 6.80. The lowest BCUT2D eigenvalue weighted by molar-refractivity contribution is 1.20. The van der Waals surface area contributed by atoms with Crippen LogP contribution in [0.25, 0.3) is 12.2 Å². The molecule has 2 nitrogen and oxygen atoms in total. The van der Waals surface area contributed by atoms with Crippen molar-refractivity contribution >= 4 is 29.2 Å². The first-order valence-corrected chi connectivity index (χ1v) is 8.60. The highest BCUT2D eigenvalue weighted by Crippen LogP contribution is 2.33. The summed E-state index contributed by atoms with van der Waals surface area (Å²) in [5.74, 6) is 0. The van der Waals surface area contributed by atoms with E-state index in [1.165, 1.54) is 0 Å². The number of anilines is 3. The number of nitrogens with one attached hydrogen (secondary N) is 1. The molecule has 0 aliphatic carbocycles. The maximum Gasteiger partial charge on any atom is 0.0467 e. The summed E-state index contributed by atoms with van der Waals surface area (Å²) < 4.78 is 0. The standard InChI is InChI=1S/C24H26N2/c1-6-10-22(11-7-2)26(23-16-13-21(25-5)14-17-23)24-15-12-19(8-3)20(9-4)18-24/h6-18,25H,1,3-4H2,2,5H3/b11-7-,22-10+. The normalized spacial score (nSPS) is 11.2. The van der Waals surface area contributed by atoms with E-state index in [0.29, 0.717) is 0 Å². The van der Waals surface area contributed by atoms with Crippen LogP contribution in [0.4, 0.5) is 17.1 Å². The van der Waals surface area contributed by atoms with Crippen LogP contribution in [0, 0.1) is 0 Å². The SMILES string of the molecule is C=C/C=C(\C=C/C)N(c1ccc(NC)cc1)c1ccc(C=C)c(C=C)c1. The molecule has 0 fully saturated rings. The number of hydrogen-bond acceptors (Lipinski definition) is 2. The van der Waals surface area contributed by atoms with Crippen LogP contribution >= 0.6 is 0 Å². The molecule has 0 saturated heterocycles. The van der Waals surface area contributed by atoms with Crippen molar-refractivity contribution in [3.05, 3.63) is 103 Å². The summed E-state index contributed by atoms with van der Waals surface area (Å²) in [4.78, 5) is 2.20. The van der Waals surface area contributed by atoms with Crippen molar-refractivity contribution in [2.45, 2.75) is 6.92 Å². The van der Waals surface area contributed by atoms with E-state index in [0.717, 1.165) is 33.9 Å². The van der Waals surface area contributed by atoms with Crippen LogP contribution in [0.3, 0.4) is 0 Å². The molecule has 0 unspecified atom stereocenters. The minimum Gasteiger partial charge on any atom is -0.388 e. The number of nitrogens with zero attached hydrogens (tertiary/aromatic N) is 1. The monoisotopic (exact) mass is 342 g/mol. The van der Waals surface area contributed by atoms with Gasteiger partial charge in [0, 0.05) is 29.8 Å². The zero-order valence-electron chi connectivity index (χ0n) is 15.6. The molecule has 2 aromatic carbocycles. The van der Waals surface area contributed by atoms with Crippen LogP contribution in [0.5, 0.6) is 0 Å². The summed E-state index contributed by atoms with van der Waals surface area (Å²) in [6.07, 6.45) is 11.6. The van der Waals surface area contributed by atoms with Crippen LogP contribution in [0.15, 0.2) is 92.2 Å². The molecule has 2 heteroatoms. The maximum absolute atomic E-state index is 3.93. The molecule has 0 saturated carbocycles. The smallest absolute Gasteiger partial charge is 0.0467 e. The van der Waals surface area contributed by atoms with E-state index >= 15 is 0 Å². The number of allylic oxidation sites excluding steroid dienone is 4.